The number of nitro groups is 1. The number of hydrogen-bond donors (Lipinski definition) is 4. The van der Waals surface area contributed by atoms with Gasteiger partial charge >= 0.3 is 54.1 Å². The second kappa shape index (κ2) is 49.7. The number of rotatable bonds is 20. The zero-order valence-electron chi connectivity index (χ0n) is 78.2. The number of nitro benzene ring substituents is 1. The summed E-state index contributed by atoms with van der Waals surface area (Å²) in [7, 11) is 0. The van der Waals surface area contributed by atoms with Gasteiger partial charge in [-0.2, -0.15) is 0 Å². The first-order valence-corrected chi connectivity index (χ1v) is 42.0. The summed E-state index contributed by atoms with van der Waals surface area (Å²) in [5.41, 5.74) is 13.7. The minimum atomic E-state index is -1.50. The third-order valence-corrected chi connectivity index (χ3v) is 18.8. The summed E-state index contributed by atoms with van der Waals surface area (Å²) < 4.78 is 73.9. The molecule has 0 aliphatic carbocycles. The summed E-state index contributed by atoms with van der Waals surface area (Å²) in [6.45, 7) is 43.4. The molecule has 0 saturated carbocycles. The molecule has 6 aliphatic heterocycles. The Labute approximate surface area is 787 Å². The van der Waals surface area contributed by atoms with Crippen molar-refractivity contribution in [2.45, 2.75) is 238 Å². The molecule has 0 fully saturated rings. The van der Waals surface area contributed by atoms with Crippen LogP contribution in [0.2, 0.25) is 0 Å². The van der Waals surface area contributed by atoms with Crippen LogP contribution in [0.3, 0.4) is 0 Å². The number of carboxylic acids is 1. The molecular formula is C89H119ClLiN15O27. The quantitative estimate of drug-likeness (QED) is 0.00804. The molecule has 9 aromatic rings. The maximum atomic E-state index is 12.2. The number of nitrogens with zero attached hydrogens (tertiary/aromatic N) is 14. The number of carbonyl (C=O) groups is 6. The predicted molar refractivity (Wildman–Crippen MR) is 477 cm³/mol. The molecule has 0 atom stereocenters. The van der Waals surface area contributed by atoms with Crippen molar-refractivity contribution in [3.63, 3.8) is 0 Å². The number of halogens is 1. The maximum absolute atomic E-state index is 12.2. The van der Waals surface area contributed by atoms with Crippen LogP contribution in [0.4, 0.5) is 16.2 Å². The van der Waals surface area contributed by atoms with E-state index in [4.69, 9.17) is 89.5 Å². The van der Waals surface area contributed by atoms with E-state index in [0.29, 0.717) is 120 Å². The van der Waals surface area contributed by atoms with Crippen LogP contribution >= 0.6 is 11.6 Å². The van der Waals surface area contributed by atoms with E-state index < -0.39 is 44.5 Å². The number of hydrogen-bond acceptors (Lipinski definition) is 35. The van der Waals surface area contributed by atoms with Crippen LogP contribution in [-0.4, -0.2) is 213 Å². The number of anilines is 1. The molecule has 9 heterocycles. The van der Waals surface area contributed by atoms with Gasteiger partial charge in [0.05, 0.1) is 61.6 Å². The van der Waals surface area contributed by atoms with Gasteiger partial charge in [-0.15, -0.1) is 25.4 Å². The van der Waals surface area contributed by atoms with E-state index in [0.717, 1.165) is 77.3 Å². The van der Waals surface area contributed by atoms with E-state index in [1.807, 2.05) is 160 Å². The predicted octanol–water partition coefficient (Wildman–Crippen LogP) is 11.3. The van der Waals surface area contributed by atoms with E-state index in [1.165, 1.54) is 46.5 Å². The smallest absolute Gasteiger partial charge is 0.870 e. The van der Waals surface area contributed by atoms with Crippen LogP contribution in [-0.2, 0) is 78.3 Å². The summed E-state index contributed by atoms with van der Waals surface area (Å²) in [5.74, 6) is 1.17. The van der Waals surface area contributed by atoms with Crippen LogP contribution in [0.25, 0.3) is 17.1 Å². The van der Waals surface area contributed by atoms with Gasteiger partial charge in [0, 0.05) is 115 Å². The van der Waals surface area contributed by atoms with Gasteiger partial charge in [0.25, 0.3) is 10.8 Å². The van der Waals surface area contributed by atoms with Gasteiger partial charge in [0.2, 0.25) is 0 Å². The Morgan fingerprint density at radius 2 is 0.782 bits per heavy atom. The van der Waals surface area contributed by atoms with Gasteiger partial charge in [0.15, 0.2) is 6.29 Å². The van der Waals surface area contributed by atoms with Crippen molar-refractivity contribution in [3.05, 3.63) is 185 Å². The number of aromatic carboxylic acids is 1. The van der Waals surface area contributed by atoms with E-state index in [1.54, 1.807) is 50.6 Å². The number of benzene rings is 6. The average molecular weight is 1870 g/mol. The molecule has 6 aromatic carbocycles. The van der Waals surface area contributed by atoms with E-state index in [-0.39, 0.29) is 102 Å². The number of nitrogens with two attached hydrogens (primary N) is 1. The second-order valence-corrected chi connectivity index (χ2v) is 34.0. The fraction of sp³-hybridized carbons (Fsp3) is 0.494. The van der Waals surface area contributed by atoms with Crippen molar-refractivity contribution in [1.82, 2.24) is 60.6 Å². The molecule has 0 spiro atoms. The monoisotopic (exact) mass is 1870 g/mol. The number of tetrazole rings is 3. The minimum absolute atomic E-state index is 0. The Morgan fingerprint density at radius 1 is 0.466 bits per heavy atom. The Kier molecular flexibility index (Phi) is 42.1. The maximum Gasteiger partial charge on any atom is 1.00 e. The van der Waals surface area contributed by atoms with Crippen LogP contribution in [0, 0.1) is 26.1 Å². The normalized spacial score (nSPS) is 14.6. The number of nitrogen functional groups attached to an aromatic ring is 1. The number of ether oxygens (including phenoxy) is 13. The Hall–Kier alpha value is -12.7. The first kappa shape index (κ1) is 113. The van der Waals surface area contributed by atoms with Gasteiger partial charge in [-0.3, -0.25) is 10.1 Å². The Balaban J connectivity index is 0.000000320. The third-order valence-electron chi connectivity index (χ3n) is 18.7. The van der Waals surface area contributed by atoms with Gasteiger partial charge in [-0.25, -0.2) is 42.8 Å². The van der Waals surface area contributed by atoms with Crippen molar-refractivity contribution in [2.24, 2.45) is 5.92 Å². The zero-order valence-corrected chi connectivity index (χ0v) is 78.9. The Morgan fingerprint density at radius 3 is 1.11 bits per heavy atom. The molecule has 6 aliphatic rings. The number of para-hydroxylation sites is 1. The summed E-state index contributed by atoms with van der Waals surface area (Å²) in [6, 6.07) is 22.6. The number of aliphatic hydroxyl groups is 1. The average Bonchev–Trinajstić information content (AvgIpc) is 1.61. The molecule has 15 rings (SSSR count). The van der Waals surface area contributed by atoms with Crippen molar-refractivity contribution < 1.29 is 140 Å². The molecular weight excluding hydrogens is 1750 g/mol. The summed E-state index contributed by atoms with van der Waals surface area (Å²) >= 11 is 4.86. The molecule has 720 valence electrons. The molecule has 0 amide bonds. The molecule has 0 bridgehead atoms. The largest absolute Gasteiger partial charge is 1.00 e. The van der Waals surface area contributed by atoms with Crippen LogP contribution in [0.1, 0.15) is 244 Å². The molecule has 44 heteroatoms. The number of aromatic nitrogens is 12. The van der Waals surface area contributed by atoms with Crippen LogP contribution < -0.4 is 53.0 Å². The van der Waals surface area contributed by atoms with E-state index in [9.17, 15) is 49.1 Å². The summed E-state index contributed by atoms with van der Waals surface area (Å²) in [4.78, 5) is 87.6. The summed E-state index contributed by atoms with van der Waals surface area (Å²) in [5, 5.41) is 76.3. The standard InChI is InChI=1S/C14H16N4O3.C13H15NO5.C13H17NO3.C13H16O3.C12H12N4O3.C12H14N4O2.C6H14O2.C5H9ClO2.CH4.Li.HNO3.H2O/c1-4-20-13(19)11-6-10(18-8-15-16-17-18)5-9-7-14(2,3)21-12(9)11;1-4-18-12(15)10-6-9(14(16)17)5-8-7-13(2,3)19-11(8)10;1-4-16-12(15)10-6-9(14)5-8-7-13(2,3)17-11(8)10;1-4-15-12(14)10-7-5-6-9-8-13(2,3)16-11(9)10;1-12(2)5-7-3-8(16-6-13-14-15-16)4-9(11(17)18)10(7)19-12;1-12(2)5-8-3-10(16-7-13-14-15-16)4-9(6-17)11(8)18-12;1-4-7-6(3)8-5-2;1-4(2)3-8-5(6)7;;;2-1(3)4;/h5-6,8H,4,7H2,1-3H3;5-6H,4,7H2,1-3H3;5-6H,4,7,14H2,1-3H3;5-7H,4,8H2,1-3H3;3-4,6H,5H2,1-2H3,(H,17,18);3-4,7,17H,5-6H2,1-2H3;6H,4-5H2,1-3H3;4H,3H2,1-2H3;1H4;;(H,2,3,4);1H2/q;;;;;;;;;+1;;/p-1. The van der Waals surface area contributed by atoms with Gasteiger partial charge < -0.3 is 88.2 Å². The molecule has 3 aromatic heterocycles. The molecule has 0 radical (unpaired) electrons. The number of carboxylic acid groups (broad SMARTS) is 1. The number of non-ortho nitro benzene ring substituents is 1. The molecule has 0 unspecified atom stereocenters. The SMILES string of the molecule is C.CC(C)COC(=O)Cl.CC1(C)Cc2cc(-n3cnnn3)cc(C(=O)O)c2O1.CC1(C)Cc2cc(-n3cnnn3)cc(CO)c2O1.CCOC(=O)c1cc(-n2cnnn2)cc2c1OC(C)(C)C2.CCOC(=O)c1cc(N)cc2c1OC(C)(C)C2.CCOC(=O)c1cc([N+](=O)[O-])cc2c1OC(C)(C)C2.CCOC(=O)c1cccc2c1OC(C)(C)C2.CCOC(C)OCC.O=[N+]([O-])O.[Li+].[OH-]. The fourth-order valence-electron chi connectivity index (χ4n) is 14.0. The first-order chi connectivity index (χ1) is 61.0. The fourth-order valence-corrected chi connectivity index (χ4v) is 14.1. The van der Waals surface area contributed by atoms with Crippen LogP contribution in [0.15, 0.2) is 97.8 Å². The number of esters is 4. The van der Waals surface area contributed by atoms with E-state index in [2.05, 4.69) is 51.3 Å². The molecule has 133 heavy (non-hydrogen) atoms. The molecule has 42 nitrogen and oxygen atoms in total. The minimum Gasteiger partial charge on any atom is -0.870 e. The zero-order chi connectivity index (χ0) is 96.6. The van der Waals surface area contributed by atoms with Crippen molar-refractivity contribution in [3.8, 4) is 51.6 Å². The third kappa shape index (κ3) is 32.9. The van der Waals surface area contributed by atoms with E-state index >= 15 is 0 Å². The van der Waals surface area contributed by atoms with Gasteiger partial charge in [-0.05, 0) is 229 Å². The molecule has 6 N–H and O–H groups in total. The number of fused-ring (bicyclic) bond motifs is 6. The van der Waals surface area contributed by atoms with Gasteiger partial charge in [0.1, 0.15) is 115 Å². The Bertz CT molecular complexity index is 5410. The van der Waals surface area contributed by atoms with Crippen molar-refractivity contribution in [2.75, 3.05) is 52.0 Å². The number of aliphatic hydroxyl groups excluding tert-OH is 1. The van der Waals surface area contributed by atoms with Crippen molar-refractivity contribution >= 4 is 58.3 Å². The van der Waals surface area contributed by atoms with Gasteiger partial charge in [-0.1, -0.05) is 33.4 Å². The topological polar surface area (TPSA) is 556 Å². The van der Waals surface area contributed by atoms with Crippen molar-refractivity contribution in [1.29, 1.82) is 0 Å². The number of carbonyl (C=O) groups excluding carboxylic acids is 5. The second-order valence-electron chi connectivity index (χ2n) is 33.6. The summed E-state index contributed by atoms with van der Waals surface area (Å²) in [6.07, 6.45) is 8.68. The first-order valence-electron chi connectivity index (χ1n) is 41.6. The van der Waals surface area contributed by atoms with Crippen LogP contribution in [0.5, 0.6) is 34.5 Å². The molecule has 0 saturated heterocycles.